The van der Waals surface area contributed by atoms with E-state index in [9.17, 15) is 4.79 Å². The van der Waals surface area contributed by atoms with Crippen molar-refractivity contribution in [2.24, 2.45) is 0 Å². The molecule has 1 atom stereocenters. The third-order valence-corrected chi connectivity index (χ3v) is 4.99. The molecule has 22 heavy (non-hydrogen) atoms. The van der Waals surface area contributed by atoms with E-state index in [4.69, 9.17) is 0 Å². The zero-order valence-electron chi connectivity index (χ0n) is 12.8. The van der Waals surface area contributed by atoms with E-state index in [1.807, 2.05) is 11.0 Å². The Morgan fingerprint density at radius 2 is 2.18 bits per heavy atom. The van der Waals surface area contributed by atoms with Gasteiger partial charge < -0.3 is 4.90 Å². The van der Waals surface area contributed by atoms with E-state index in [1.165, 1.54) is 4.90 Å². The molecule has 0 bridgehead atoms. The second-order valence-electron chi connectivity index (χ2n) is 5.72. The van der Waals surface area contributed by atoms with Crippen LogP contribution in [-0.4, -0.2) is 40.3 Å². The van der Waals surface area contributed by atoms with Gasteiger partial charge in [-0.25, -0.2) is 0 Å². The Hall–Kier alpha value is -1.75. The van der Waals surface area contributed by atoms with Crippen molar-refractivity contribution in [2.75, 3.05) is 19.3 Å². The smallest absolute Gasteiger partial charge is 0.227 e. The van der Waals surface area contributed by atoms with Gasteiger partial charge in [0, 0.05) is 35.8 Å². The number of amides is 1. The lowest BCUT2D eigenvalue weighted by atomic mass is 9.94. The number of likely N-dealkylation sites (tertiary alicyclic amines) is 1. The van der Waals surface area contributed by atoms with Crippen LogP contribution in [0.4, 0.5) is 0 Å². The number of aromatic amines is 1. The summed E-state index contributed by atoms with van der Waals surface area (Å²) < 4.78 is 0. The summed E-state index contributed by atoms with van der Waals surface area (Å²) in [6, 6.07) is 10.3. The lowest BCUT2D eigenvalue weighted by Gasteiger charge is -2.32. The van der Waals surface area contributed by atoms with Crippen LogP contribution in [0, 0.1) is 0 Å². The number of carbonyl (C=O) groups excluding carboxylic acids is 1. The fourth-order valence-electron chi connectivity index (χ4n) is 2.98. The van der Waals surface area contributed by atoms with Crippen LogP contribution in [0.15, 0.2) is 41.4 Å². The van der Waals surface area contributed by atoms with Crippen molar-refractivity contribution in [3.63, 3.8) is 0 Å². The summed E-state index contributed by atoms with van der Waals surface area (Å²) in [7, 11) is 0. The van der Waals surface area contributed by atoms with Gasteiger partial charge in [0.1, 0.15) is 0 Å². The Balaban J connectivity index is 1.61. The van der Waals surface area contributed by atoms with Crippen molar-refractivity contribution < 1.29 is 4.79 Å². The Morgan fingerprint density at radius 1 is 1.36 bits per heavy atom. The largest absolute Gasteiger partial charge is 0.342 e. The third kappa shape index (κ3) is 3.53. The first-order chi connectivity index (χ1) is 10.8. The van der Waals surface area contributed by atoms with E-state index in [0.29, 0.717) is 12.3 Å². The van der Waals surface area contributed by atoms with Crippen LogP contribution >= 0.6 is 11.8 Å². The van der Waals surface area contributed by atoms with Crippen molar-refractivity contribution >= 4 is 17.7 Å². The number of thioether (sulfide) groups is 1. The molecule has 0 radical (unpaired) electrons. The number of rotatable bonds is 4. The predicted octanol–water partition coefficient (Wildman–Crippen LogP) is 3.08. The summed E-state index contributed by atoms with van der Waals surface area (Å²) in [5.41, 5.74) is 2.23. The van der Waals surface area contributed by atoms with Gasteiger partial charge in [0.2, 0.25) is 5.91 Å². The number of aromatic nitrogens is 2. The number of benzene rings is 1. The topological polar surface area (TPSA) is 49.0 Å². The predicted molar refractivity (Wildman–Crippen MR) is 89.1 cm³/mol. The van der Waals surface area contributed by atoms with Gasteiger partial charge in [0.15, 0.2) is 0 Å². The standard InChI is InChI=1S/C17H21N3OS/c1-22-15-6-4-13(5-7-15)11-17(21)20-10-2-3-14(12-20)16-8-9-18-19-16/h4-9,14H,2-3,10-12H2,1H3,(H,18,19)/t14-/m1/s1. The summed E-state index contributed by atoms with van der Waals surface area (Å²) in [5.74, 6) is 0.611. The molecule has 3 rings (SSSR count). The molecular weight excluding hydrogens is 294 g/mol. The van der Waals surface area contributed by atoms with Crippen LogP contribution in [0.2, 0.25) is 0 Å². The van der Waals surface area contributed by atoms with E-state index < -0.39 is 0 Å². The van der Waals surface area contributed by atoms with Gasteiger partial charge in [-0.3, -0.25) is 9.89 Å². The van der Waals surface area contributed by atoms with Gasteiger partial charge in [-0.2, -0.15) is 5.10 Å². The third-order valence-electron chi connectivity index (χ3n) is 4.25. The first-order valence-corrected chi connectivity index (χ1v) is 8.88. The molecule has 1 aliphatic heterocycles. The van der Waals surface area contributed by atoms with Crippen LogP contribution in [0.3, 0.4) is 0 Å². The summed E-state index contributed by atoms with van der Waals surface area (Å²) in [4.78, 5) is 15.8. The number of hydrogen-bond acceptors (Lipinski definition) is 3. The average Bonchev–Trinajstić information content (AvgIpc) is 3.10. The average molecular weight is 315 g/mol. The second kappa shape index (κ2) is 7.01. The van der Waals surface area contributed by atoms with Gasteiger partial charge in [-0.1, -0.05) is 12.1 Å². The summed E-state index contributed by atoms with van der Waals surface area (Å²) in [5, 5.41) is 7.06. The number of piperidine rings is 1. The van der Waals surface area contributed by atoms with Crippen LogP contribution in [0.5, 0.6) is 0 Å². The quantitative estimate of drug-likeness (QED) is 0.882. The van der Waals surface area contributed by atoms with Crippen molar-refractivity contribution in [3.8, 4) is 0 Å². The zero-order chi connectivity index (χ0) is 15.4. The summed E-state index contributed by atoms with van der Waals surface area (Å²) in [6.45, 7) is 1.66. The first-order valence-electron chi connectivity index (χ1n) is 7.66. The Bertz CT molecular complexity index is 609. The van der Waals surface area contributed by atoms with Crippen molar-refractivity contribution in [1.29, 1.82) is 0 Å². The normalized spacial score (nSPS) is 18.4. The minimum Gasteiger partial charge on any atom is -0.342 e. The SMILES string of the molecule is CSc1ccc(CC(=O)N2CCC[C@@H](c3ccn[nH]3)C2)cc1. The van der Waals surface area contributed by atoms with E-state index in [1.54, 1.807) is 18.0 Å². The van der Waals surface area contributed by atoms with E-state index in [2.05, 4.69) is 40.7 Å². The molecule has 116 valence electrons. The highest BCUT2D eigenvalue weighted by Gasteiger charge is 2.25. The number of nitrogens with one attached hydrogen (secondary N) is 1. The molecule has 0 saturated carbocycles. The molecule has 0 spiro atoms. The monoisotopic (exact) mass is 315 g/mol. The summed E-state index contributed by atoms with van der Waals surface area (Å²) >= 11 is 1.72. The molecule has 1 aliphatic rings. The first kappa shape index (κ1) is 15.2. The lowest BCUT2D eigenvalue weighted by molar-refractivity contribution is -0.131. The molecule has 5 heteroatoms. The number of carbonyl (C=O) groups is 1. The molecule has 0 aliphatic carbocycles. The van der Waals surface area contributed by atoms with Crippen LogP contribution in [0.25, 0.3) is 0 Å². The highest BCUT2D eigenvalue weighted by Crippen LogP contribution is 2.25. The van der Waals surface area contributed by atoms with Gasteiger partial charge in [0.05, 0.1) is 6.42 Å². The maximum atomic E-state index is 12.5. The molecule has 1 N–H and O–H groups in total. The van der Waals surface area contributed by atoms with E-state index in [0.717, 1.165) is 37.2 Å². The van der Waals surface area contributed by atoms with Crippen LogP contribution < -0.4 is 0 Å². The molecule has 1 saturated heterocycles. The maximum Gasteiger partial charge on any atom is 0.227 e. The van der Waals surface area contributed by atoms with Crippen molar-refractivity contribution in [2.45, 2.75) is 30.1 Å². The molecule has 1 amide bonds. The van der Waals surface area contributed by atoms with Gasteiger partial charge in [-0.05, 0) is 42.9 Å². The number of hydrogen-bond donors (Lipinski definition) is 1. The Morgan fingerprint density at radius 3 is 2.86 bits per heavy atom. The molecule has 1 aromatic carbocycles. The van der Waals surface area contributed by atoms with Crippen molar-refractivity contribution in [3.05, 3.63) is 47.8 Å². The fourth-order valence-corrected chi connectivity index (χ4v) is 3.39. The highest BCUT2D eigenvalue weighted by molar-refractivity contribution is 7.98. The Kier molecular flexibility index (Phi) is 4.83. The highest BCUT2D eigenvalue weighted by atomic mass is 32.2. The zero-order valence-corrected chi connectivity index (χ0v) is 13.6. The fraction of sp³-hybridized carbons (Fsp3) is 0.412. The summed E-state index contributed by atoms with van der Waals surface area (Å²) in [6.07, 6.45) is 6.51. The molecule has 4 nitrogen and oxygen atoms in total. The van der Waals surface area contributed by atoms with Crippen LogP contribution in [0.1, 0.15) is 30.0 Å². The van der Waals surface area contributed by atoms with Gasteiger partial charge in [0.25, 0.3) is 0 Å². The van der Waals surface area contributed by atoms with E-state index in [-0.39, 0.29) is 5.91 Å². The van der Waals surface area contributed by atoms with Gasteiger partial charge in [-0.15, -0.1) is 11.8 Å². The maximum absolute atomic E-state index is 12.5. The molecule has 2 heterocycles. The van der Waals surface area contributed by atoms with Gasteiger partial charge >= 0.3 is 0 Å². The Labute approximate surface area is 135 Å². The molecule has 0 unspecified atom stereocenters. The number of nitrogens with zero attached hydrogens (tertiary/aromatic N) is 2. The minimum absolute atomic E-state index is 0.223. The van der Waals surface area contributed by atoms with Crippen molar-refractivity contribution in [1.82, 2.24) is 15.1 Å². The molecule has 1 fully saturated rings. The lowest BCUT2D eigenvalue weighted by Crippen LogP contribution is -2.40. The molecule has 1 aromatic heterocycles. The van der Waals surface area contributed by atoms with E-state index >= 15 is 0 Å². The van der Waals surface area contributed by atoms with Crippen LogP contribution in [-0.2, 0) is 11.2 Å². The minimum atomic E-state index is 0.223. The molecular formula is C17H21N3OS. The second-order valence-corrected chi connectivity index (χ2v) is 6.60. The number of H-pyrrole nitrogens is 1. The molecule has 2 aromatic rings.